The summed E-state index contributed by atoms with van der Waals surface area (Å²) in [7, 11) is 0. The van der Waals surface area contributed by atoms with Crippen molar-refractivity contribution in [2.24, 2.45) is 11.3 Å². The highest BCUT2D eigenvalue weighted by Crippen LogP contribution is 2.60. The van der Waals surface area contributed by atoms with Gasteiger partial charge in [-0.05, 0) is 43.9 Å². The van der Waals surface area contributed by atoms with E-state index in [4.69, 9.17) is 11.6 Å². The van der Waals surface area contributed by atoms with Crippen LogP contribution in [-0.2, 0) is 4.79 Å². The number of alkyl halides is 1. The zero-order chi connectivity index (χ0) is 11.8. The van der Waals surface area contributed by atoms with Crippen molar-refractivity contribution in [3.63, 3.8) is 0 Å². The summed E-state index contributed by atoms with van der Waals surface area (Å²) in [5.41, 5.74) is 0.354. The molecule has 0 spiro atoms. The Bertz CT molecular complexity index is 309. The SMILES string of the molecule is CC(Cl)C(=O)NC(=O)NCC1(C2CC2)CC1. The standard InChI is InChI=1S/C11H17ClN2O2/c1-7(12)9(15)14-10(16)13-6-11(4-5-11)8-2-3-8/h7-8H,2-6H2,1H3,(H2,13,14,15,16). The fourth-order valence-corrected chi connectivity index (χ4v) is 2.15. The zero-order valence-corrected chi connectivity index (χ0v) is 10.1. The first kappa shape index (κ1) is 11.7. The minimum absolute atomic E-state index is 0.354. The van der Waals surface area contributed by atoms with Gasteiger partial charge in [-0.3, -0.25) is 10.1 Å². The summed E-state index contributed by atoms with van der Waals surface area (Å²) < 4.78 is 0. The van der Waals surface area contributed by atoms with Crippen LogP contribution in [-0.4, -0.2) is 23.9 Å². The second-order valence-corrected chi connectivity index (χ2v) is 5.58. The molecule has 90 valence electrons. The molecule has 4 nitrogen and oxygen atoms in total. The summed E-state index contributed by atoms with van der Waals surface area (Å²) in [5, 5.41) is 4.30. The van der Waals surface area contributed by atoms with Gasteiger partial charge in [-0.2, -0.15) is 0 Å². The number of carbonyl (C=O) groups excluding carboxylic acids is 2. The minimum Gasteiger partial charge on any atom is -0.337 e. The van der Waals surface area contributed by atoms with E-state index in [9.17, 15) is 9.59 Å². The Kier molecular flexibility index (Phi) is 3.10. The number of carbonyl (C=O) groups is 2. The minimum atomic E-state index is -0.677. The van der Waals surface area contributed by atoms with E-state index in [1.54, 1.807) is 0 Å². The van der Waals surface area contributed by atoms with E-state index in [1.165, 1.54) is 32.6 Å². The van der Waals surface area contributed by atoms with Crippen LogP contribution in [0, 0.1) is 11.3 Å². The Hall–Kier alpha value is -0.770. The average Bonchev–Trinajstić information content (AvgIpc) is 3.06. The number of amides is 3. The molecule has 0 aliphatic heterocycles. The molecule has 1 unspecified atom stereocenters. The smallest absolute Gasteiger partial charge is 0.321 e. The van der Waals surface area contributed by atoms with Gasteiger partial charge < -0.3 is 5.32 Å². The van der Waals surface area contributed by atoms with Crippen LogP contribution < -0.4 is 10.6 Å². The summed E-state index contributed by atoms with van der Waals surface area (Å²) in [6.45, 7) is 2.23. The van der Waals surface area contributed by atoms with E-state index in [0.717, 1.165) is 5.92 Å². The summed E-state index contributed by atoms with van der Waals surface area (Å²) in [6, 6.07) is -0.426. The predicted molar refractivity (Wildman–Crippen MR) is 61.2 cm³/mol. The largest absolute Gasteiger partial charge is 0.337 e. The van der Waals surface area contributed by atoms with E-state index < -0.39 is 17.3 Å². The molecule has 0 bridgehead atoms. The van der Waals surface area contributed by atoms with Gasteiger partial charge in [0.15, 0.2) is 0 Å². The molecule has 16 heavy (non-hydrogen) atoms. The molecular weight excluding hydrogens is 228 g/mol. The molecule has 0 aromatic heterocycles. The van der Waals surface area contributed by atoms with Gasteiger partial charge in [-0.15, -0.1) is 11.6 Å². The third kappa shape index (κ3) is 2.67. The molecule has 3 amide bonds. The highest BCUT2D eigenvalue weighted by molar-refractivity contribution is 6.31. The normalized spacial score (nSPS) is 23.4. The van der Waals surface area contributed by atoms with Gasteiger partial charge in [0.2, 0.25) is 5.91 Å². The Morgan fingerprint density at radius 2 is 2.06 bits per heavy atom. The van der Waals surface area contributed by atoms with Crippen LogP contribution >= 0.6 is 11.6 Å². The van der Waals surface area contributed by atoms with Crippen molar-refractivity contribution in [2.45, 2.75) is 38.0 Å². The number of rotatable bonds is 4. The van der Waals surface area contributed by atoms with Gasteiger partial charge in [0.25, 0.3) is 0 Å². The summed E-state index contributed by atoms with van der Waals surface area (Å²) in [6.07, 6.45) is 5.00. The van der Waals surface area contributed by atoms with Crippen molar-refractivity contribution in [1.29, 1.82) is 0 Å². The van der Waals surface area contributed by atoms with Crippen LogP contribution in [0.25, 0.3) is 0 Å². The second-order valence-electron chi connectivity index (χ2n) is 4.92. The number of halogens is 1. The van der Waals surface area contributed by atoms with Crippen LogP contribution in [0.5, 0.6) is 0 Å². The van der Waals surface area contributed by atoms with Gasteiger partial charge in [0.05, 0.1) is 0 Å². The Morgan fingerprint density at radius 1 is 1.44 bits per heavy atom. The lowest BCUT2D eigenvalue weighted by Crippen LogP contribution is -2.44. The van der Waals surface area contributed by atoms with Crippen LogP contribution in [0.15, 0.2) is 0 Å². The third-order valence-electron chi connectivity index (χ3n) is 3.53. The van der Waals surface area contributed by atoms with Gasteiger partial charge in [0, 0.05) is 6.54 Å². The van der Waals surface area contributed by atoms with Crippen molar-refractivity contribution in [1.82, 2.24) is 10.6 Å². The molecule has 0 aromatic carbocycles. The maximum atomic E-state index is 11.4. The molecule has 2 fully saturated rings. The summed E-state index contributed by atoms with van der Waals surface area (Å²) in [5.74, 6) is 0.353. The lowest BCUT2D eigenvalue weighted by Gasteiger charge is -2.15. The molecule has 0 heterocycles. The third-order valence-corrected chi connectivity index (χ3v) is 3.73. The van der Waals surface area contributed by atoms with Gasteiger partial charge >= 0.3 is 6.03 Å². The first-order chi connectivity index (χ1) is 7.53. The van der Waals surface area contributed by atoms with Gasteiger partial charge in [0.1, 0.15) is 5.38 Å². The molecule has 0 radical (unpaired) electrons. The van der Waals surface area contributed by atoms with Gasteiger partial charge in [-0.25, -0.2) is 4.79 Å². The molecule has 5 heteroatoms. The molecule has 0 aromatic rings. The van der Waals surface area contributed by atoms with Crippen LogP contribution in [0.4, 0.5) is 4.79 Å². The first-order valence-corrected chi connectivity index (χ1v) is 6.20. The highest BCUT2D eigenvalue weighted by Gasteiger charge is 2.53. The molecule has 2 N–H and O–H groups in total. The number of imide groups is 1. The second kappa shape index (κ2) is 4.24. The molecule has 2 rings (SSSR count). The summed E-state index contributed by atoms with van der Waals surface area (Å²) in [4.78, 5) is 22.5. The lowest BCUT2D eigenvalue weighted by atomic mass is 10.0. The molecule has 0 saturated heterocycles. The number of hydrogen-bond donors (Lipinski definition) is 2. The first-order valence-electron chi connectivity index (χ1n) is 5.76. The Morgan fingerprint density at radius 3 is 2.50 bits per heavy atom. The topological polar surface area (TPSA) is 58.2 Å². The fraction of sp³-hybridized carbons (Fsp3) is 0.818. The number of nitrogens with one attached hydrogen (secondary N) is 2. The molecular formula is C11H17ClN2O2. The van der Waals surface area contributed by atoms with Crippen LogP contribution in [0.2, 0.25) is 0 Å². The van der Waals surface area contributed by atoms with Crippen LogP contribution in [0.1, 0.15) is 32.6 Å². The number of hydrogen-bond acceptors (Lipinski definition) is 2. The Labute approximate surface area is 100 Å². The number of urea groups is 1. The molecule has 2 saturated carbocycles. The fourth-order valence-electron chi connectivity index (χ4n) is 2.10. The average molecular weight is 245 g/mol. The van der Waals surface area contributed by atoms with Gasteiger partial charge in [-0.1, -0.05) is 0 Å². The zero-order valence-electron chi connectivity index (χ0n) is 9.38. The van der Waals surface area contributed by atoms with Crippen molar-refractivity contribution < 1.29 is 9.59 Å². The van der Waals surface area contributed by atoms with E-state index in [2.05, 4.69) is 10.6 Å². The lowest BCUT2D eigenvalue weighted by molar-refractivity contribution is -0.119. The monoisotopic (exact) mass is 244 g/mol. The van der Waals surface area contributed by atoms with E-state index in [1.807, 2.05) is 0 Å². The van der Waals surface area contributed by atoms with Crippen LogP contribution in [0.3, 0.4) is 0 Å². The van der Waals surface area contributed by atoms with Crippen molar-refractivity contribution >= 4 is 23.5 Å². The van der Waals surface area contributed by atoms with Crippen molar-refractivity contribution in [3.8, 4) is 0 Å². The van der Waals surface area contributed by atoms with E-state index in [0.29, 0.717) is 12.0 Å². The van der Waals surface area contributed by atoms with E-state index >= 15 is 0 Å². The maximum Gasteiger partial charge on any atom is 0.321 e. The molecule has 2 aliphatic rings. The van der Waals surface area contributed by atoms with Crippen molar-refractivity contribution in [2.75, 3.05) is 6.54 Å². The Balaban J connectivity index is 1.70. The van der Waals surface area contributed by atoms with E-state index in [-0.39, 0.29) is 0 Å². The molecule has 2 aliphatic carbocycles. The quantitative estimate of drug-likeness (QED) is 0.739. The summed E-state index contributed by atoms with van der Waals surface area (Å²) >= 11 is 5.54. The maximum absolute atomic E-state index is 11.4. The molecule has 1 atom stereocenters. The predicted octanol–water partition coefficient (Wildman–Crippen LogP) is 1.63. The van der Waals surface area contributed by atoms with Crippen molar-refractivity contribution in [3.05, 3.63) is 0 Å². The highest BCUT2D eigenvalue weighted by atomic mass is 35.5.